The first-order valence-electron chi connectivity index (χ1n) is 8.98. The van der Waals surface area contributed by atoms with E-state index in [1.165, 1.54) is 0 Å². The van der Waals surface area contributed by atoms with Crippen molar-refractivity contribution in [2.45, 2.75) is 31.7 Å². The van der Waals surface area contributed by atoms with Crippen LogP contribution in [0.4, 0.5) is 0 Å². The minimum atomic E-state index is -1.08. The first-order valence-corrected chi connectivity index (χ1v) is 8.98. The van der Waals surface area contributed by atoms with Crippen molar-refractivity contribution in [1.82, 2.24) is 10.6 Å². The van der Waals surface area contributed by atoms with E-state index in [1.54, 1.807) is 24.3 Å². The maximum atomic E-state index is 12.4. The maximum Gasteiger partial charge on any atom is 0.326 e. The molecule has 3 amide bonds. The van der Waals surface area contributed by atoms with E-state index < -0.39 is 17.9 Å². The van der Waals surface area contributed by atoms with Crippen molar-refractivity contribution < 1.29 is 29.0 Å². The zero-order chi connectivity index (χ0) is 19.4. The summed E-state index contributed by atoms with van der Waals surface area (Å²) in [6.07, 6.45) is 2.05. The number of ether oxygens (including phenoxy) is 1. The second kappa shape index (κ2) is 8.30. The first kappa shape index (κ1) is 19.0. The topological polar surface area (TPSA) is 122 Å². The van der Waals surface area contributed by atoms with Crippen LogP contribution in [-0.2, 0) is 25.5 Å². The highest BCUT2D eigenvalue weighted by atomic mass is 16.5. The summed E-state index contributed by atoms with van der Waals surface area (Å²) in [5.74, 6) is -2.73. The van der Waals surface area contributed by atoms with E-state index in [2.05, 4.69) is 10.6 Å². The third-order valence-electron chi connectivity index (χ3n) is 4.98. The highest BCUT2D eigenvalue weighted by Crippen LogP contribution is 2.20. The van der Waals surface area contributed by atoms with Crippen LogP contribution in [0.1, 0.15) is 35.2 Å². The minimum absolute atomic E-state index is 0.171. The molecule has 3 rings (SSSR count). The quantitative estimate of drug-likeness (QED) is 0.624. The Morgan fingerprint density at radius 3 is 2.56 bits per heavy atom. The van der Waals surface area contributed by atoms with Crippen LogP contribution in [0.5, 0.6) is 0 Å². The Morgan fingerprint density at radius 1 is 1.26 bits per heavy atom. The highest BCUT2D eigenvalue weighted by molar-refractivity contribution is 6.03. The Balaban J connectivity index is 1.61. The van der Waals surface area contributed by atoms with Crippen LogP contribution in [-0.4, -0.2) is 48.1 Å². The molecule has 2 aliphatic rings. The molecule has 27 heavy (non-hydrogen) atoms. The number of imide groups is 1. The van der Waals surface area contributed by atoms with Gasteiger partial charge in [0.05, 0.1) is 12.5 Å². The zero-order valence-electron chi connectivity index (χ0n) is 14.8. The van der Waals surface area contributed by atoms with Crippen molar-refractivity contribution >= 4 is 23.7 Å². The molecule has 2 fully saturated rings. The number of hydrogen-bond acceptors (Lipinski definition) is 5. The van der Waals surface area contributed by atoms with Crippen molar-refractivity contribution in [3.63, 3.8) is 0 Å². The molecule has 0 spiro atoms. The largest absolute Gasteiger partial charge is 0.480 e. The number of nitrogens with one attached hydrogen (secondary N) is 2. The van der Waals surface area contributed by atoms with Crippen molar-refractivity contribution in [2.75, 3.05) is 13.2 Å². The average molecular weight is 374 g/mol. The molecule has 3 N–H and O–H groups in total. The molecule has 144 valence electrons. The van der Waals surface area contributed by atoms with Crippen LogP contribution in [0.15, 0.2) is 24.3 Å². The molecule has 0 bridgehead atoms. The third kappa shape index (κ3) is 4.71. The number of rotatable bonds is 6. The summed E-state index contributed by atoms with van der Waals surface area (Å²) in [6, 6.07) is 5.62. The Morgan fingerprint density at radius 2 is 2.00 bits per heavy atom. The molecule has 1 aromatic rings. The molecule has 8 heteroatoms. The van der Waals surface area contributed by atoms with E-state index in [1.807, 2.05) is 0 Å². The third-order valence-corrected chi connectivity index (χ3v) is 4.98. The van der Waals surface area contributed by atoms with E-state index in [9.17, 15) is 24.3 Å². The van der Waals surface area contributed by atoms with Gasteiger partial charge in [-0.2, -0.15) is 0 Å². The summed E-state index contributed by atoms with van der Waals surface area (Å²) in [4.78, 5) is 46.8. The van der Waals surface area contributed by atoms with Crippen molar-refractivity contribution in [1.29, 1.82) is 0 Å². The summed E-state index contributed by atoms with van der Waals surface area (Å²) in [5.41, 5.74) is 1.17. The second-order valence-electron chi connectivity index (χ2n) is 6.98. The predicted molar refractivity (Wildman–Crippen MR) is 93.8 cm³/mol. The fourth-order valence-electron chi connectivity index (χ4n) is 3.48. The molecule has 0 aliphatic carbocycles. The van der Waals surface area contributed by atoms with Crippen LogP contribution in [0.25, 0.3) is 0 Å². The van der Waals surface area contributed by atoms with Gasteiger partial charge in [0, 0.05) is 24.5 Å². The molecule has 0 aromatic heterocycles. The highest BCUT2D eigenvalue weighted by Gasteiger charge is 2.32. The summed E-state index contributed by atoms with van der Waals surface area (Å²) in [6.45, 7) is 0.932. The van der Waals surface area contributed by atoms with Gasteiger partial charge in [-0.05, 0) is 37.0 Å². The van der Waals surface area contributed by atoms with Gasteiger partial charge in [-0.15, -0.1) is 0 Å². The molecule has 2 saturated heterocycles. The average Bonchev–Trinajstić information content (AvgIpc) is 2.97. The zero-order valence-corrected chi connectivity index (χ0v) is 14.8. The number of aliphatic carboxylic acids is 1. The van der Waals surface area contributed by atoms with E-state index in [-0.39, 0.29) is 30.1 Å². The molecule has 3 unspecified atom stereocenters. The van der Waals surface area contributed by atoms with Crippen molar-refractivity contribution in [3.05, 3.63) is 35.4 Å². The van der Waals surface area contributed by atoms with Crippen molar-refractivity contribution in [2.24, 2.45) is 11.8 Å². The van der Waals surface area contributed by atoms with Gasteiger partial charge in [-0.25, -0.2) is 4.79 Å². The van der Waals surface area contributed by atoms with Gasteiger partial charge in [-0.3, -0.25) is 19.7 Å². The Hall–Kier alpha value is -2.74. The fraction of sp³-hybridized carbons (Fsp3) is 0.474. The number of carbonyl (C=O) groups is 4. The normalized spacial score (nSPS) is 23.6. The van der Waals surface area contributed by atoms with E-state index in [0.717, 1.165) is 12.0 Å². The molecule has 8 nitrogen and oxygen atoms in total. The predicted octanol–water partition coefficient (Wildman–Crippen LogP) is 0.501. The number of amides is 3. The van der Waals surface area contributed by atoms with Gasteiger partial charge in [-0.1, -0.05) is 12.1 Å². The summed E-state index contributed by atoms with van der Waals surface area (Å²) >= 11 is 0. The van der Waals surface area contributed by atoms with Gasteiger partial charge in [0.15, 0.2) is 0 Å². The summed E-state index contributed by atoms with van der Waals surface area (Å²) < 4.78 is 5.32. The fourth-order valence-corrected chi connectivity index (χ4v) is 3.48. The second-order valence-corrected chi connectivity index (χ2v) is 6.98. The standard InChI is InChI=1S/C19H22N2O6/c22-15-9-14(18(24)20-15)8-11-3-5-12(6-4-11)17(23)21-16(19(25)26)13-2-1-7-27-10-13/h3-6,13-14,16H,1-2,7-10H2,(H,21,23)(H,25,26)(H,20,22,24). The van der Waals surface area contributed by atoms with Crippen LogP contribution >= 0.6 is 0 Å². The van der Waals surface area contributed by atoms with Gasteiger partial charge >= 0.3 is 5.97 Å². The number of carbonyl (C=O) groups excluding carboxylic acids is 3. The van der Waals surface area contributed by atoms with Crippen LogP contribution in [0.3, 0.4) is 0 Å². The lowest BCUT2D eigenvalue weighted by molar-refractivity contribution is -0.142. The summed E-state index contributed by atoms with van der Waals surface area (Å²) in [7, 11) is 0. The molecule has 3 atom stereocenters. The molecule has 0 radical (unpaired) electrons. The molecular weight excluding hydrogens is 352 g/mol. The first-order chi connectivity index (χ1) is 12.9. The molecule has 2 heterocycles. The minimum Gasteiger partial charge on any atom is -0.480 e. The SMILES string of the molecule is O=C1CC(Cc2ccc(C(=O)NC(C(=O)O)C3CCCOC3)cc2)C(=O)N1. The van der Waals surface area contributed by atoms with Crippen LogP contribution in [0, 0.1) is 11.8 Å². The van der Waals surface area contributed by atoms with E-state index in [0.29, 0.717) is 31.6 Å². The Bertz CT molecular complexity index is 739. The van der Waals surface area contributed by atoms with Crippen molar-refractivity contribution in [3.8, 4) is 0 Å². The molecule has 2 aliphatic heterocycles. The molecule has 1 aromatic carbocycles. The van der Waals surface area contributed by atoms with Gasteiger partial charge in [0.2, 0.25) is 11.8 Å². The molecular formula is C19H22N2O6. The maximum absolute atomic E-state index is 12.4. The number of hydrogen-bond donors (Lipinski definition) is 3. The lowest BCUT2D eigenvalue weighted by Crippen LogP contribution is -2.48. The van der Waals surface area contributed by atoms with Crippen LogP contribution in [0.2, 0.25) is 0 Å². The van der Waals surface area contributed by atoms with Crippen LogP contribution < -0.4 is 10.6 Å². The lowest BCUT2D eigenvalue weighted by Gasteiger charge is -2.28. The van der Waals surface area contributed by atoms with E-state index >= 15 is 0 Å². The number of carboxylic acids is 1. The van der Waals surface area contributed by atoms with Gasteiger partial charge in [0.1, 0.15) is 6.04 Å². The van der Waals surface area contributed by atoms with Gasteiger partial charge in [0.25, 0.3) is 5.91 Å². The van der Waals surface area contributed by atoms with Gasteiger partial charge < -0.3 is 15.2 Å². The van der Waals surface area contributed by atoms with E-state index in [4.69, 9.17) is 4.74 Å². The Kier molecular flexibility index (Phi) is 5.85. The smallest absolute Gasteiger partial charge is 0.326 e. The molecule has 0 saturated carbocycles. The monoisotopic (exact) mass is 374 g/mol. The summed E-state index contributed by atoms with van der Waals surface area (Å²) in [5, 5.41) is 14.3. The Labute approximate surface area is 156 Å². The number of benzene rings is 1. The lowest BCUT2D eigenvalue weighted by atomic mass is 9.93. The number of carboxylic acid groups (broad SMARTS) is 1.